The van der Waals surface area contributed by atoms with Crippen LogP contribution < -0.4 is 5.32 Å². The van der Waals surface area contributed by atoms with E-state index in [-0.39, 0.29) is 24.1 Å². The highest BCUT2D eigenvalue weighted by atomic mass is 19.1. The third-order valence-corrected chi connectivity index (χ3v) is 5.13. The third-order valence-electron chi connectivity index (χ3n) is 5.13. The highest BCUT2D eigenvalue weighted by Gasteiger charge is 2.48. The first-order valence-electron chi connectivity index (χ1n) is 8.08. The predicted octanol–water partition coefficient (Wildman–Crippen LogP) is 2.41. The largest absolute Gasteiger partial charge is 0.391 e. The molecule has 4 nitrogen and oxygen atoms in total. The molecule has 6 heteroatoms. The standard InChI is InChI=1S/C17H22F2N2O2/c1-11-5-8-21(9-14(11)22)16(23)20-10-17(6-7-17)15-12(18)3-2-4-13(15)19/h2-4,11,14,22H,5-10H2,1H3,(H,20,23). The molecular formula is C17H22F2N2O2. The lowest BCUT2D eigenvalue weighted by molar-refractivity contribution is 0.0435. The number of nitrogens with zero attached hydrogens (tertiary/aromatic N) is 1. The summed E-state index contributed by atoms with van der Waals surface area (Å²) in [5.74, 6) is -0.931. The summed E-state index contributed by atoms with van der Waals surface area (Å²) in [5.41, 5.74) is -0.556. The molecule has 2 amide bonds. The van der Waals surface area contributed by atoms with Crippen molar-refractivity contribution < 1.29 is 18.7 Å². The van der Waals surface area contributed by atoms with Crippen molar-refractivity contribution in [1.82, 2.24) is 10.2 Å². The van der Waals surface area contributed by atoms with E-state index >= 15 is 0 Å². The molecule has 1 aromatic rings. The minimum Gasteiger partial charge on any atom is -0.391 e. The van der Waals surface area contributed by atoms with E-state index in [1.54, 1.807) is 4.90 Å². The van der Waals surface area contributed by atoms with Crippen LogP contribution in [0.2, 0.25) is 0 Å². The normalized spacial score (nSPS) is 26.0. The number of hydrogen-bond donors (Lipinski definition) is 2. The number of piperidine rings is 1. The topological polar surface area (TPSA) is 52.6 Å². The Kier molecular flexibility index (Phi) is 4.27. The Morgan fingerprint density at radius 2 is 2.04 bits per heavy atom. The van der Waals surface area contributed by atoms with Gasteiger partial charge in [0.1, 0.15) is 11.6 Å². The molecule has 2 N–H and O–H groups in total. The van der Waals surface area contributed by atoms with Crippen molar-refractivity contribution in [3.63, 3.8) is 0 Å². The highest BCUT2D eigenvalue weighted by molar-refractivity contribution is 5.74. The number of likely N-dealkylation sites (tertiary alicyclic amines) is 1. The van der Waals surface area contributed by atoms with Gasteiger partial charge in [0.2, 0.25) is 0 Å². The quantitative estimate of drug-likeness (QED) is 0.897. The van der Waals surface area contributed by atoms with Crippen molar-refractivity contribution in [1.29, 1.82) is 0 Å². The molecule has 3 rings (SSSR count). The second-order valence-corrected chi connectivity index (χ2v) is 6.82. The first-order chi connectivity index (χ1) is 10.9. The smallest absolute Gasteiger partial charge is 0.317 e. The van der Waals surface area contributed by atoms with Crippen LogP contribution in [0, 0.1) is 17.6 Å². The first kappa shape index (κ1) is 16.2. The van der Waals surface area contributed by atoms with Gasteiger partial charge in [0.25, 0.3) is 0 Å². The fourth-order valence-electron chi connectivity index (χ4n) is 3.26. The summed E-state index contributed by atoms with van der Waals surface area (Å²) in [6.45, 7) is 3.06. The lowest BCUT2D eigenvalue weighted by Crippen LogP contribution is -2.50. The number of β-amino-alcohol motifs (C(OH)–C–C–N with tert-alkyl or cyclic N) is 1. The zero-order valence-corrected chi connectivity index (χ0v) is 13.2. The van der Waals surface area contributed by atoms with Crippen molar-refractivity contribution in [2.45, 2.75) is 37.7 Å². The van der Waals surface area contributed by atoms with Gasteiger partial charge in [-0.3, -0.25) is 0 Å². The number of carbonyl (C=O) groups is 1. The zero-order chi connectivity index (χ0) is 16.6. The lowest BCUT2D eigenvalue weighted by Gasteiger charge is -2.34. The molecule has 0 spiro atoms. The van der Waals surface area contributed by atoms with Gasteiger partial charge in [0.05, 0.1) is 6.10 Å². The number of amides is 2. The van der Waals surface area contributed by atoms with Gasteiger partial charge in [-0.1, -0.05) is 13.0 Å². The van der Waals surface area contributed by atoms with Crippen LogP contribution in [0.5, 0.6) is 0 Å². The van der Waals surface area contributed by atoms with Crippen LogP contribution >= 0.6 is 0 Å². The van der Waals surface area contributed by atoms with E-state index in [0.29, 0.717) is 25.9 Å². The minimum atomic E-state index is -0.632. The molecule has 1 saturated heterocycles. The molecule has 0 radical (unpaired) electrons. The third kappa shape index (κ3) is 3.17. The molecule has 1 heterocycles. The molecule has 2 atom stereocenters. The van der Waals surface area contributed by atoms with E-state index in [1.165, 1.54) is 18.2 Å². The molecule has 2 fully saturated rings. The first-order valence-corrected chi connectivity index (χ1v) is 8.08. The number of nitrogens with one attached hydrogen (secondary N) is 1. The van der Waals surface area contributed by atoms with Gasteiger partial charge < -0.3 is 15.3 Å². The maximum atomic E-state index is 14.0. The SMILES string of the molecule is CC1CCN(C(=O)NCC2(c3c(F)cccc3F)CC2)CC1O. The molecular weight excluding hydrogens is 302 g/mol. The van der Waals surface area contributed by atoms with Crippen LogP contribution in [-0.2, 0) is 5.41 Å². The summed E-state index contributed by atoms with van der Waals surface area (Å²) in [5, 5.41) is 12.7. The number of urea groups is 1. The molecule has 1 aliphatic heterocycles. The average molecular weight is 324 g/mol. The minimum absolute atomic E-state index is 0.0765. The number of aliphatic hydroxyl groups excluding tert-OH is 1. The Labute approximate surface area is 134 Å². The van der Waals surface area contributed by atoms with Gasteiger partial charge in [-0.05, 0) is 37.3 Å². The predicted molar refractivity (Wildman–Crippen MR) is 82.0 cm³/mol. The fraction of sp³-hybridized carbons (Fsp3) is 0.588. The lowest BCUT2D eigenvalue weighted by atomic mass is 9.94. The van der Waals surface area contributed by atoms with Gasteiger partial charge in [0.15, 0.2) is 0 Å². The Balaban J connectivity index is 1.63. The molecule has 23 heavy (non-hydrogen) atoms. The number of hydrogen-bond acceptors (Lipinski definition) is 2. The molecule has 1 saturated carbocycles. The van der Waals surface area contributed by atoms with E-state index in [1.807, 2.05) is 6.92 Å². The summed E-state index contributed by atoms with van der Waals surface area (Å²) < 4.78 is 27.9. The van der Waals surface area contributed by atoms with E-state index < -0.39 is 23.2 Å². The highest BCUT2D eigenvalue weighted by Crippen LogP contribution is 2.49. The van der Waals surface area contributed by atoms with Crippen molar-refractivity contribution in [2.24, 2.45) is 5.92 Å². The van der Waals surface area contributed by atoms with Gasteiger partial charge in [0, 0.05) is 30.6 Å². The maximum Gasteiger partial charge on any atom is 0.317 e. The van der Waals surface area contributed by atoms with Crippen molar-refractivity contribution in [3.8, 4) is 0 Å². The van der Waals surface area contributed by atoms with Gasteiger partial charge in [-0.2, -0.15) is 0 Å². The van der Waals surface area contributed by atoms with Crippen molar-refractivity contribution in [2.75, 3.05) is 19.6 Å². The zero-order valence-electron chi connectivity index (χ0n) is 13.2. The Hall–Kier alpha value is -1.69. The second-order valence-electron chi connectivity index (χ2n) is 6.82. The summed E-state index contributed by atoms with van der Waals surface area (Å²) in [6.07, 6.45) is 1.55. The Bertz CT molecular complexity index is 584. The van der Waals surface area contributed by atoms with Gasteiger partial charge >= 0.3 is 6.03 Å². The van der Waals surface area contributed by atoms with Crippen LogP contribution in [0.3, 0.4) is 0 Å². The number of benzene rings is 1. The van der Waals surface area contributed by atoms with Crippen molar-refractivity contribution >= 4 is 6.03 Å². The maximum absolute atomic E-state index is 14.0. The van der Waals surface area contributed by atoms with Crippen LogP contribution in [0.25, 0.3) is 0 Å². The number of carbonyl (C=O) groups excluding carboxylic acids is 1. The fourth-order valence-corrected chi connectivity index (χ4v) is 3.26. The Morgan fingerprint density at radius 3 is 2.61 bits per heavy atom. The van der Waals surface area contributed by atoms with E-state index in [9.17, 15) is 18.7 Å². The summed E-state index contributed by atoms with van der Waals surface area (Å²) >= 11 is 0. The van der Waals surface area contributed by atoms with E-state index in [4.69, 9.17) is 0 Å². The summed E-state index contributed by atoms with van der Waals surface area (Å²) in [7, 11) is 0. The number of rotatable bonds is 3. The van der Waals surface area contributed by atoms with E-state index in [0.717, 1.165) is 6.42 Å². The second kappa shape index (κ2) is 6.07. The van der Waals surface area contributed by atoms with Crippen LogP contribution in [0.4, 0.5) is 13.6 Å². The molecule has 2 aliphatic rings. The summed E-state index contributed by atoms with van der Waals surface area (Å²) in [6, 6.07) is 3.57. The van der Waals surface area contributed by atoms with Gasteiger partial charge in [-0.25, -0.2) is 13.6 Å². The van der Waals surface area contributed by atoms with Crippen LogP contribution in [-0.4, -0.2) is 41.8 Å². The van der Waals surface area contributed by atoms with Gasteiger partial charge in [-0.15, -0.1) is 0 Å². The average Bonchev–Trinajstić information content (AvgIpc) is 3.28. The molecule has 1 aromatic carbocycles. The number of aliphatic hydroxyl groups is 1. The van der Waals surface area contributed by atoms with Crippen molar-refractivity contribution in [3.05, 3.63) is 35.4 Å². The van der Waals surface area contributed by atoms with E-state index in [2.05, 4.69) is 5.32 Å². The summed E-state index contributed by atoms with van der Waals surface area (Å²) in [4.78, 5) is 13.8. The Morgan fingerprint density at radius 1 is 1.39 bits per heavy atom. The molecule has 1 aliphatic carbocycles. The molecule has 0 aromatic heterocycles. The molecule has 2 unspecified atom stereocenters. The monoisotopic (exact) mass is 324 g/mol. The molecule has 0 bridgehead atoms. The van der Waals surface area contributed by atoms with Crippen LogP contribution in [0.1, 0.15) is 31.7 Å². The molecule has 126 valence electrons. The number of halogens is 2. The van der Waals surface area contributed by atoms with Crippen LogP contribution in [0.15, 0.2) is 18.2 Å².